The average molecular weight is 293 g/mol. The molecule has 4 heteroatoms. The van der Waals surface area contributed by atoms with Crippen molar-refractivity contribution in [1.29, 1.82) is 5.26 Å². The Morgan fingerprint density at radius 1 is 1.33 bits per heavy atom. The fourth-order valence-electron chi connectivity index (χ4n) is 0.820. The van der Waals surface area contributed by atoms with Gasteiger partial charge >= 0.3 is 0 Å². The predicted molar refractivity (Wildman–Crippen MR) is 51.1 cm³/mol. The largest absolute Gasteiger partial charge is 0.207 e. The van der Waals surface area contributed by atoms with Crippen molar-refractivity contribution in [2.24, 2.45) is 0 Å². The highest BCUT2D eigenvalue weighted by Crippen LogP contribution is 2.26. The summed E-state index contributed by atoms with van der Waals surface area (Å²) in [6.45, 7) is 0. The van der Waals surface area contributed by atoms with Gasteiger partial charge in [-0.3, -0.25) is 0 Å². The maximum Gasteiger partial charge on any atom is 0.125 e. The number of hydrogen-bond donors (Lipinski definition) is 0. The molecular formula is C8H4Br2FN. The molecule has 1 nitrogen and oxygen atoms in total. The number of benzene rings is 1. The molecule has 0 fully saturated rings. The second-order valence-corrected chi connectivity index (χ2v) is 3.89. The number of nitriles is 1. The van der Waals surface area contributed by atoms with Crippen LogP contribution in [-0.4, -0.2) is 0 Å². The molecule has 1 aromatic carbocycles. The molecule has 12 heavy (non-hydrogen) atoms. The van der Waals surface area contributed by atoms with Gasteiger partial charge in [0.15, 0.2) is 0 Å². The Hall–Kier alpha value is -0.400. The number of halogens is 3. The minimum absolute atomic E-state index is 0.265. The second-order valence-electron chi connectivity index (χ2n) is 2.18. The zero-order valence-electron chi connectivity index (χ0n) is 5.94. The first-order valence-electron chi connectivity index (χ1n) is 3.15. The molecule has 0 heterocycles. The third-order valence-electron chi connectivity index (χ3n) is 1.36. The van der Waals surface area contributed by atoms with Crippen molar-refractivity contribution in [3.63, 3.8) is 0 Å². The highest BCUT2D eigenvalue weighted by Gasteiger charge is 2.06. The Balaban J connectivity index is 3.21. The average Bonchev–Trinajstić information content (AvgIpc) is 1.96. The van der Waals surface area contributed by atoms with Gasteiger partial charge in [-0.1, -0.05) is 31.9 Å². The van der Waals surface area contributed by atoms with Gasteiger partial charge in [0.25, 0.3) is 0 Å². The molecule has 0 spiro atoms. The van der Waals surface area contributed by atoms with E-state index < -0.39 is 0 Å². The van der Waals surface area contributed by atoms with E-state index in [2.05, 4.69) is 31.9 Å². The zero-order chi connectivity index (χ0) is 9.14. The minimum Gasteiger partial charge on any atom is -0.207 e. The lowest BCUT2D eigenvalue weighted by atomic mass is 10.2. The lowest BCUT2D eigenvalue weighted by Crippen LogP contribution is -1.88. The van der Waals surface area contributed by atoms with Crippen LogP contribution in [0.1, 0.15) is 5.56 Å². The molecule has 0 saturated heterocycles. The first-order valence-corrected chi connectivity index (χ1v) is 4.74. The van der Waals surface area contributed by atoms with E-state index in [0.29, 0.717) is 8.95 Å². The van der Waals surface area contributed by atoms with Gasteiger partial charge in [0, 0.05) is 8.95 Å². The van der Waals surface area contributed by atoms with Crippen molar-refractivity contribution in [2.75, 3.05) is 0 Å². The van der Waals surface area contributed by atoms with Crippen LogP contribution in [0.25, 0.3) is 0 Å². The van der Waals surface area contributed by atoms with Crippen LogP contribution < -0.4 is 0 Å². The summed E-state index contributed by atoms with van der Waals surface area (Å²) in [5.41, 5.74) is 0.777. The van der Waals surface area contributed by atoms with Crippen LogP contribution in [0, 0.1) is 17.1 Å². The lowest BCUT2D eigenvalue weighted by Gasteiger charge is -2.02. The zero-order valence-corrected chi connectivity index (χ0v) is 9.11. The summed E-state index contributed by atoms with van der Waals surface area (Å²) in [6, 6.07) is 4.69. The van der Waals surface area contributed by atoms with Crippen molar-refractivity contribution in [3.8, 4) is 6.07 Å². The molecule has 0 radical (unpaired) electrons. The van der Waals surface area contributed by atoms with E-state index in [-0.39, 0.29) is 12.2 Å². The van der Waals surface area contributed by atoms with Crippen molar-refractivity contribution in [1.82, 2.24) is 0 Å². The van der Waals surface area contributed by atoms with Gasteiger partial charge in [0.05, 0.1) is 12.5 Å². The van der Waals surface area contributed by atoms with Crippen LogP contribution in [0.15, 0.2) is 21.1 Å². The smallest absolute Gasteiger partial charge is 0.125 e. The Morgan fingerprint density at radius 3 is 2.25 bits per heavy atom. The van der Waals surface area contributed by atoms with Gasteiger partial charge in [-0.15, -0.1) is 0 Å². The molecule has 0 bridgehead atoms. The van der Waals surface area contributed by atoms with Crippen molar-refractivity contribution in [3.05, 3.63) is 32.5 Å². The van der Waals surface area contributed by atoms with Gasteiger partial charge in [-0.05, 0) is 17.7 Å². The highest BCUT2D eigenvalue weighted by molar-refractivity contribution is 9.11. The van der Waals surface area contributed by atoms with Crippen molar-refractivity contribution < 1.29 is 4.39 Å². The summed E-state index contributed by atoms with van der Waals surface area (Å²) in [5.74, 6) is -0.324. The first kappa shape index (κ1) is 9.69. The lowest BCUT2D eigenvalue weighted by molar-refractivity contribution is 0.625. The van der Waals surface area contributed by atoms with Crippen LogP contribution in [0.2, 0.25) is 0 Å². The Bertz CT molecular complexity index is 320. The maximum absolute atomic E-state index is 12.7. The SMILES string of the molecule is N#CCc1c(Br)cc(F)cc1Br. The molecule has 0 amide bonds. The van der Waals surface area contributed by atoms with Crippen LogP contribution in [0.4, 0.5) is 4.39 Å². The molecule has 0 N–H and O–H groups in total. The summed E-state index contributed by atoms with van der Waals surface area (Å²) in [5, 5.41) is 8.45. The Morgan fingerprint density at radius 2 is 1.83 bits per heavy atom. The first-order chi connectivity index (χ1) is 5.65. The monoisotopic (exact) mass is 291 g/mol. The molecule has 0 aliphatic heterocycles. The molecule has 1 aromatic rings. The molecule has 0 saturated carbocycles. The van der Waals surface area contributed by atoms with E-state index in [4.69, 9.17) is 5.26 Å². The molecule has 0 atom stereocenters. The second kappa shape index (κ2) is 4.01. The normalized spacial score (nSPS) is 9.50. The fraction of sp³-hybridized carbons (Fsp3) is 0.125. The minimum atomic E-state index is -0.324. The number of hydrogen-bond acceptors (Lipinski definition) is 1. The van der Waals surface area contributed by atoms with E-state index in [0.717, 1.165) is 5.56 Å². The quantitative estimate of drug-likeness (QED) is 0.778. The molecule has 0 aliphatic rings. The summed E-state index contributed by atoms with van der Waals surface area (Å²) in [7, 11) is 0. The van der Waals surface area contributed by atoms with Crippen molar-refractivity contribution >= 4 is 31.9 Å². The fourth-order valence-corrected chi connectivity index (χ4v) is 2.23. The number of rotatable bonds is 1. The van der Waals surface area contributed by atoms with E-state index in [1.54, 1.807) is 0 Å². The molecule has 0 aliphatic carbocycles. The third kappa shape index (κ3) is 2.05. The molecule has 62 valence electrons. The van der Waals surface area contributed by atoms with E-state index in [1.807, 2.05) is 6.07 Å². The van der Waals surface area contributed by atoms with Crippen LogP contribution >= 0.6 is 31.9 Å². The standard InChI is InChI=1S/C8H4Br2FN/c9-7-3-5(11)4-8(10)6(7)1-2-12/h3-4H,1H2. The van der Waals surface area contributed by atoms with Crippen molar-refractivity contribution in [2.45, 2.75) is 6.42 Å². The van der Waals surface area contributed by atoms with Gasteiger partial charge in [0.2, 0.25) is 0 Å². The highest BCUT2D eigenvalue weighted by atomic mass is 79.9. The van der Waals surface area contributed by atoms with Crippen LogP contribution in [-0.2, 0) is 6.42 Å². The van der Waals surface area contributed by atoms with Gasteiger partial charge in [-0.25, -0.2) is 4.39 Å². The summed E-state index contributed by atoms with van der Waals surface area (Å²) in [6.07, 6.45) is 0.265. The van der Waals surface area contributed by atoms with E-state index in [1.165, 1.54) is 12.1 Å². The summed E-state index contributed by atoms with van der Waals surface area (Å²) >= 11 is 6.36. The van der Waals surface area contributed by atoms with Gasteiger partial charge < -0.3 is 0 Å². The number of nitrogens with zero attached hydrogens (tertiary/aromatic N) is 1. The summed E-state index contributed by atoms with van der Waals surface area (Å²) < 4.78 is 13.9. The topological polar surface area (TPSA) is 23.8 Å². The molecule has 0 unspecified atom stereocenters. The van der Waals surface area contributed by atoms with Gasteiger partial charge in [-0.2, -0.15) is 5.26 Å². The van der Waals surface area contributed by atoms with Gasteiger partial charge in [0.1, 0.15) is 5.82 Å². The van der Waals surface area contributed by atoms with E-state index in [9.17, 15) is 4.39 Å². The van der Waals surface area contributed by atoms with Crippen LogP contribution in [0.5, 0.6) is 0 Å². The maximum atomic E-state index is 12.7. The molecular weight excluding hydrogens is 289 g/mol. The third-order valence-corrected chi connectivity index (χ3v) is 2.78. The predicted octanol–water partition coefficient (Wildman–Crippen LogP) is 3.42. The Labute approximate surface area is 86.5 Å². The summed E-state index contributed by atoms with van der Waals surface area (Å²) in [4.78, 5) is 0. The van der Waals surface area contributed by atoms with Crippen LogP contribution in [0.3, 0.4) is 0 Å². The Kier molecular flexibility index (Phi) is 3.24. The molecule has 0 aromatic heterocycles. The van der Waals surface area contributed by atoms with E-state index >= 15 is 0 Å². The molecule has 1 rings (SSSR count).